The van der Waals surface area contributed by atoms with Gasteiger partial charge in [0, 0.05) is 13.5 Å². The molecule has 0 radical (unpaired) electrons. The zero-order chi connectivity index (χ0) is 28.3. The van der Waals surface area contributed by atoms with Gasteiger partial charge < -0.3 is 18.5 Å². The van der Waals surface area contributed by atoms with Crippen molar-refractivity contribution in [1.29, 1.82) is 0 Å². The third kappa shape index (κ3) is 10.8. The van der Waals surface area contributed by atoms with Gasteiger partial charge >= 0.3 is 19.5 Å². The lowest BCUT2D eigenvalue weighted by Crippen LogP contribution is -2.22. The van der Waals surface area contributed by atoms with E-state index in [1.54, 1.807) is 76.2 Å². The molecule has 0 fully saturated rings. The van der Waals surface area contributed by atoms with Gasteiger partial charge in [-0.3, -0.25) is 24.2 Å². The molecule has 1 amide bonds. The second kappa shape index (κ2) is 14.8. The third-order valence-corrected chi connectivity index (χ3v) is 7.17. The third-order valence-electron chi connectivity index (χ3n) is 5.27. The van der Waals surface area contributed by atoms with Crippen LogP contribution in [0.3, 0.4) is 0 Å². The fourth-order valence-corrected chi connectivity index (χ4v) is 4.44. The molecule has 0 aliphatic rings. The van der Waals surface area contributed by atoms with Gasteiger partial charge in [0.1, 0.15) is 11.5 Å². The first-order valence-corrected chi connectivity index (χ1v) is 14.1. The molecule has 0 aliphatic heterocycles. The van der Waals surface area contributed by atoms with Crippen molar-refractivity contribution in [1.82, 2.24) is 5.06 Å². The van der Waals surface area contributed by atoms with E-state index in [0.717, 1.165) is 0 Å². The Morgan fingerprint density at radius 2 is 1.18 bits per heavy atom. The van der Waals surface area contributed by atoms with Crippen molar-refractivity contribution in [3.8, 4) is 11.5 Å². The van der Waals surface area contributed by atoms with Crippen LogP contribution in [0.5, 0.6) is 11.5 Å². The molecule has 0 unspecified atom stereocenters. The van der Waals surface area contributed by atoms with Crippen molar-refractivity contribution in [3.05, 3.63) is 59.7 Å². The van der Waals surface area contributed by atoms with Gasteiger partial charge in [-0.15, -0.1) is 0 Å². The number of carbonyl (C=O) groups is 3. The molecule has 0 heterocycles. The summed E-state index contributed by atoms with van der Waals surface area (Å²) in [5, 5.41) is 9.74. The molecule has 10 nitrogen and oxygen atoms in total. The molecule has 208 valence electrons. The minimum absolute atomic E-state index is 0.0322. The molecule has 0 bridgehead atoms. The second-order valence-electron chi connectivity index (χ2n) is 9.34. The standard InChI is InChI=1S/C27H36NO9P/c1-19(2)26(30)36-23-12-8-21(9-13-23)17-34-38(33,16-6-7-25(29)28(5)32)35-18-22-10-14-24(15-11-22)37-27(31)20(3)4/h8-15,19-20,32H,6-7,16-18H2,1-5H3. The number of amides is 1. The molecular formula is C27H36NO9P. The Morgan fingerprint density at radius 1 is 0.789 bits per heavy atom. The first-order valence-electron chi connectivity index (χ1n) is 12.3. The van der Waals surface area contributed by atoms with E-state index >= 15 is 0 Å². The average Bonchev–Trinajstić information content (AvgIpc) is 2.87. The molecule has 0 spiro atoms. The Morgan fingerprint density at radius 3 is 1.53 bits per heavy atom. The van der Waals surface area contributed by atoms with Gasteiger partial charge in [-0.2, -0.15) is 0 Å². The van der Waals surface area contributed by atoms with E-state index < -0.39 is 13.5 Å². The number of esters is 2. The topological polar surface area (TPSA) is 129 Å². The number of hydroxylamine groups is 2. The zero-order valence-corrected chi connectivity index (χ0v) is 23.3. The van der Waals surface area contributed by atoms with Crippen LogP contribution in [0.2, 0.25) is 0 Å². The summed E-state index contributed by atoms with van der Waals surface area (Å²) < 4.78 is 35.4. The van der Waals surface area contributed by atoms with E-state index in [2.05, 4.69) is 0 Å². The van der Waals surface area contributed by atoms with Crippen molar-refractivity contribution >= 4 is 25.4 Å². The number of ether oxygens (including phenoxy) is 2. The molecule has 1 N–H and O–H groups in total. The van der Waals surface area contributed by atoms with Crippen molar-refractivity contribution in [2.75, 3.05) is 13.2 Å². The fourth-order valence-electron chi connectivity index (χ4n) is 2.87. The largest absolute Gasteiger partial charge is 0.426 e. The van der Waals surface area contributed by atoms with E-state index in [-0.39, 0.29) is 56.0 Å². The highest BCUT2D eigenvalue weighted by atomic mass is 31.2. The molecule has 2 aromatic rings. The molecule has 0 aliphatic carbocycles. The van der Waals surface area contributed by atoms with Crippen LogP contribution in [0, 0.1) is 11.8 Å². The van der Waals surface area contributed by atoms with Crippen LogP contribution in [0.15, 0.2) is 48.5 Å². The maximum Gasteiger partial charge on any atom is 0.331 e. The van der Waals surface area contributed by atoms with E-state index in [9.17, 15) is 24.2 Å². The van der Waals surface area contributed by atoms with Gasteiger partial charge in [-0.1, -0.05) is 52.0 Å². The molecule has 38 heavy (non-hydrogen) atoms. The summed E-state index contributed by atoms with van der Waals surface area (Å²) in [7, 11) is -2.43. The van der Waals surface area contributed by atoms with Gasteiger partial charge in [-0.05, 0) is 41.8 Å². The van der Waals surface area contributed by atoms with Crippen LogP contribution in [-0.2, 0) is 41.2 Å². The number of rotatable bonds is 14. The highest BCUT2D eigenvalue weighted by Gasteiger charge is 2.26. The number of hydrogen-bond donors (Lipinski definition) is 1. The van der Waals surface area contributed by atoms with E-state index in [1.165, 1.54) is 7.05 Å². The number of hydrogen-bond acceptors (Lipinski definition) is 9. The Bertz CT molecular complexity index is 1040. The van der Waals surface area contributed by atoms with E-state index in [1.807, 2.05) is 0 Å². The number of carbonyl (C=O) groups excluding carboxylic acids is 3. The smallest absolute Gasteiger partial charge is 0.331 e. The van der Waals surface area contributed by atoms with Crippen molar-refractivity contribution in [2.45, 2.75) is 53.8 Å². The molecule has 0 atom stereocenters. The molecule has 2 rings (SSSR count). The molecule has 0 saturated heterocycles. The van der Waals surface area contributed by atoms with E-state index in [4.69, 9.17) is 18.5 Å². The van der Waals surface area contributed by atoms with Crippen LogP contribution < -0.4 is 9.47 Å². The SMILES string of the molecule is CC(C)C(=O)Oc1ccc(COP(=O)(CCCC(=O)N(C)O)OCc2ccc(OC(=O)C(C)C)cc2)cc1. The van der Waals surface area contributed by atoms with Crippen LogP contribution in [0.25, 0.3) is 0 Å². The summed E-state index contributed by atoms with van der Waals surface area (Å²) in [5.74, 6) is -0.950. The first kappa shape index (κ1) is 31.2. The Labute approximate surface area is 223 Å². The fraction of sp³-hybridized carbons (Fsp3) is 0.444. The average molecular weight is 550 g/mol. The lowest BCUT2D eigenvalue weighted by atomic mass is 10.2. The van der Waals surface area contributed by atoms with Gasteiger partial charge in [0.2, 0.25) is 5.91 Å². The Hall–Kier alpha value is -3.04. The van der Waals surface area contributed by atoms with Crippen molar-refractivity contribution in [2.24, 2.45) is 11.8 Å². The second-order valence-corrected chi connectivity index (χ2v) is 11.5. The van der Waals surface area contributed by atoms with Gasteiger partial charge in [0.25, 0.3) is 0 Å². The zero-order valence-electron chi connectivity index (χ0n) is 22.4. The van der Waals surface area contributed by atoms with Gasteiger partial charge in [0.15, 0.2) is 0 Å². The number of benzene rings is 2. The predicted octanol–water partition coefficient (Wildman–Crippen LogP) is 5.36. The monoisotopic (exact) mass is 549 g/mol. The van der Waals surface area contributed by atoms with Crippen molar-refractivity contribution in [3.63, 3.8) is 0 Å². The minimum atomic E-state index is -3.65. The summed E-state index contributed by atoms with van der Waals surface area (Å²) in [6, 6.07) is 13.2. The van der Waals surface area contributed by atoms with Crippen LogP contribution in [-0.4, -0.2) is 41.3 Å². The lowest BCUT2D eigenvalue weighted by molar-refractivity contribution is -0.159. The van der Waals surface area contributed by atoms with Gasteiger partial charge in [-0.25, -0.2) is 5.06 Å². The van der Waals surface area contributed by atoms with Crippen LogP contribution in [0.4, 0.5) is 0 Å². The number of nitrogens with zero attached hydrogens (tertiary/aromatic N) is 1. The van der Waals surface area contributed by atoms with Crippen LogP contribution >= 0.6 is 7.60 Å². The molecule has 0 saturated carbocycles. The van der Waals surface area contributed by atoms with E-state index in [0.29, 0.717) is 27.7 Å². The van der Waals surface area contributed by atoms with Crippen LogP contribution in [0.1, 0.15) is 51.7 Å². The molecule has 11 heteroatoms. The maximum atomic E-state index is 13.5. The minimum Gasteiger partial charge on any atom is -0.426 e. The summed E-state index contributed by atoms with van der Waals surface area (Å²) in [4.78, 5) is 35.2. The van der Waals surface area contributed by atoms with Crippen molar-refractivity contribution < 1.29 is 42.7 Å². The normalized spacial score (nSPS) is 11.5. The maximum absolute atomic E-state index is 13.5. The lowest BCUT2D eigenvalue weighted by Gasteiger charge is -2.19. The quantitative estimate of drug-likeness (QED) is 0.109. The summed E-state index contributed by atoms with van der Waals surface area (Å²) in [6.45, 7) is 6.89. The Balaban J connectivity index is 2.03. The predicted molar refractivity (Wildman–Crippen MR) is 140 cm³/mol. The molecule has 2 aromatic carbocycles. The van der Waals surface area contributed by atoms with Gasteiger partial charge in [0.05, 0.1) is 31.2 Å². The molecular weight excluding hydrogens is 513 g/mol. The summed E-state index contributed by atoms with van der Waals surface area (Å²) in [5.41, 5.74) is 1.36. The Kier molecular flexibility index (Phi) is 12.1. The summed E-state index contributed by atoms with van der Waals surface area (Å²) >= 11 is 0. The highest BCUT2D eigenvalue weighted by molar-refractivity contribution is 7.53. The highest BCUT2D eigenvalue weighted by Crippen LogP contribution is 2.50. The summed E-state index contributed by atoms with van der Waals surface area (Å²) in [6.07, 6.45) is 0.103. The molecule has 0 aromatic heterocycles. The first-order chi connectivity index (χ1) is 17.9.